The van der Waals surface area contributed by atoms with Crippen LogP contribution in [0.5, 0.6) is 0 Å². The molecule has 8 heteroatoms. The van der Waals surface area contributed by atoms with Gasteiger partial charge < -0.3 is 21.3 Å². The minimum Gasteiger partial charge on any atom is -0.345 e. The summed E-state index contributed by atoms with van der Waals surface area (Å²) in [5.41, 5.74) is 2.31. The molecule has 4 N–H and O–H groups in total. The highest BCUT2D eigenvalue weighted by Crippen LogP contribution is 2.21. The second-order valence-corrected chi connectivity index (χ2v) is 7.36. The SMILES string of the molecule is CNC(=O)Nc1ccc(NC(=O)CC(NC(=O)c2ccccc2Cl)c2ccccc2)cc1. The summed E-state index contributed by atoms with van der Waals surface area (Å²) in [5.74, 6) is -0.632. The van der Waals surface area contributed by atoms with Crippen LogP contribution >= 0.6 is 11.6 Å². The lowest BCUT2D eigenvalue weighted by Gasteiger charge is -2.19. The lowest BCUT2D eigenvalue weighted by molar-refractivity contribution is -0.116. The zero-order valence-electron chi connectivity index (χ0n) is 17.4. The van der Waals surface area contributed by atoms with Crippen LogP contribution in [0.15, 0.2) is 78.9 Å². The van der Waals surface area contributed by atoms with Crippen LogP contribution in [0.3, 0.4) is 0 Å². The number of anilines is 2. The third-order valence-corrected chi connectivity index (χ3v) is 5.00. The van der Waals surface area contributed by atoms with Crippen LogP contribution in [0, 0.1) is 0 Å². The van der Waals surface area contributed by atoms with Gasteiger partial charge in [-0.25, -0.2) is 4.79 Å². The predicted octanol–water partition coefficient (Wildman–Crippen LogP) is 4.59. The fourth-order valence-corrected chi connectivity index (χ4v) is 3.27. The van der Waals surface area contributed by atoms with Crippen molar-refractivity contribution in [3.05, 3.63) is 95.0 Å². The average molecular weight is 451 g/mol. The molecule has 7 nitrogen and oxygen atoms in total. The first-order valence-electron chi connectivity index (χ1n) is 9.95. The molecule has 0 heterocycles. The Morgan fingerprint density at radius 1 is 0.812 bits per heavy atom. The summed E-state index contributed by atoms with van der Waals surface area (Å²) in [4.78, 5) is 36.9. The number of carbonyl (C=O) groups excluding carboxylic acids is 3. The topological polar surface area (TPSA) is 99.3 Å². The smallest absolute Gasteiger partial charge is 0.318 e. The molecule has 0 spiro atoms. The minimum absolute atomic E-state index is 0.0262. The van der Waals surface area contributed by atoms with Crippen LogP contribution in [0.2, 0.25) is 5.02 Å². The van der Waals surface area contributed by atoms with Crippen LogP contribution in [0.1, 0.15) is 28.4 Å². The molecule has 0 saturated heterocycles. The molecular formula is C24H23ClN4O3. The molecule has 0 radical (unpaired) electrons. The quantitative estimate of drug-likeness (QED) is 0.423. The lowest BCUT2D eigenvalue weighted by Crippen LogP contribution is -2.31. The van der Waals surface area contributed by atoms with E-state index in [1.54, 1.807) is 48.5 Å². The van der Waals surface area contributed by atoms with E-state index >= 15 is 0 Å². The van der Waals surface area contributed by atoms with Crippen molar-refractivity contribution in [2.75, 3.05) is 17.7 Å². The van der Waals surface area contributed by atoms with Gasteiger partial charge in [0.2, 0.25) is 5.91 Å². The zero-order valence-corrected chi connectivity index (χ0v) is 18.1. The normalized spacial score (nSPS) is 11.2. The van der Waals surface area contributed by atoms with Gasteiger partial charge in [0.1, 0.15) is 0 Å². The highest BCUT2D eigenvalue weighted by molar-refractivity contribution is 6.33. The van der Waals surface area contributed by atoms with Crippen molar-refractivity contribution in [1.29, 1.82) is 0 Å². The van der Waals surface area contributed by atoms with E-state index in [-0.39, 0.29) is 24.3 Å². The zero-order chi connectivity index (χ0) is 22.9. The molecule has 164 valence electrons. The average Bonchev–Trinajstić information content (AvgIpc) is 2.80. The number of amides is 4. The van der Waals surface area contributed by atoms with Crippen LogP contribution in [-0.2, 0) is 4.79 Å². The summed E-state index contributed by atoms with van der Waals surface area (Å²) in [5, 5.41) is 11.2. The van der Waals surface area contributed by atoms with Gasteiger partial charge in [-0.05, 0) is 42.0 Å². The Hall–Kier alpha value is -3.84. The number of halogens is 1. The first kappa shape index (κ1) is 22.8. The van der Waals surface area contributed by atoms with Gasteiger partial charge in [0, 0.05) is 18.4 Å². The Kier molecular flexibility index (Phi) is 7.83. The Bertz CT molecular complexity index is 1090. The van der Waals surface area contributed by atoms with Gasteiger partial charge >= 0.3 is 6.03 Å². The summed E-state index contributed by atoms with van der Waals surface area (Å²) in [6.07, 6.45) is 0.0262. The van der Waals surface area contributed by atoms with Gasteiger partial charge in [-0.2, -0.15) is 0 Å². The molecule has 3 aromatic rings. The van der Waals surface area contributed by atoms with Gasteiger partial charge in [-0.3, -0.25) is 9.59 Å². The first-order valence-corrected chi connectivity index (χ1v) is 10.3. The molecule has 0 bridgehead atoms. The molecule has 3 rings (SSSR count). The second kappa shape index (κ2) is 11.0. The fourth-order valence-electron chi connectivity index (χ4n) is 3.05. The Morgan fingerprint density at radius 2 is 1.41 bits per heavy atom. The number of rotatable bonds is 7. The van der Waals surface area contributed by atoms with E-state index in [1.807, 2.05) is 30.3 Å². The van der Waals surface area contributed by atoms with Gasteiger partial charge in [-0.15, -0.1) is 0 Å². The number of hydrogen-bond donors (Lipinski definition) is 4. The molecule has 0 aliphatic heterocycles. The Morgan fingerprint density at radius 3 is 2.03 bits per heavy atom. The van der Waals surface area contributed by atoms with Crippen molar-refractivity contribution < 1.29 is 14.4 Å². The van der Waals surface area contributed by atoms with Gasteiger partial charge in [0.15, 0.2) is 0 Å². The largest absolute Gasteiger partial charge is 0.345 e. The molecule has 4 amide bonds. The molecular weight excluding hydrogens is 428 g/mol. The number of benzene rings is 3. The maximum absolute atomic E-state index is 12.8. The minimum atomic E-state index is -0.547. The van der Waals surface area contributed by atoms with Crippen LogP contribution in [0.25, 0.3) is 0 Å². The Balaban J connectivity index is 1.69. The van der Waals surface area contributed by atoms with E-state index in [9.17, 15) is 14.4 Å². The third-order valence-electron chi connectivity index (χ3n) is 4.67. The molecule has 0 aliphatic rings. The third kappa shape index (κ3) is 6.33. The van der Waals surface area contributed by atoms with E-state index in [0.717, 1.165) is 5.56 Å². The number of carbonyl (C=O) groups is 3. The molecule has 0 aromatic heterocycles. The van der Waals surface area contributed by atoms with E-state index in [2.05, 4.69) is 21.3 Å². The van der Waals surface area contributed by atoms with Crippen LogP contribution < -0.4 is 21.3 Å². The number of hydrogen-bond acceptors (Lipinski definition) is 3. The van der Waals surface area contributed by atoms with Gasteiger partial charge in [-0.1, -0.05) is 54.1 Å². The molecule has 1 atom stereocenters. The highest BCUT2D eigenvalue weighted by atomic mass is 35.5. The van der Waals surface area contributed by atoms with E-state index < -0.39 is 6.04 Å². The van der Waals surface area contributed by atoms with Crippen molar-refractivity contribution >= 4 is 40.8 Å². The summed E-state index contributed by atoms with van der Waals surface area (Å²) in [6.45, 7) is 0. The van der Waals surface area contributed by atoms with Crippen molar-refractivity contribution in [2.45, 2.75) is 12.5 Å². The van der Waals surface area contributed by atoms with E-state index in [1.165, 1.54) is 7.05 Å². The molecule has 3 aromatic carbocycles. The van der Waals surface area contributed by atoms with E-state index in [0.29, 0.717) is 22.0 Å². The predicted molar refractivity (Wildman–Crippen MR) is 126 cm³/mol. The first-order chi connectivity index (χ1) is 15.5. The second-order valence-electron chi connectivity index (χ2n) is 6.95. The Labute approximate surface area is 191 Å². The van der Waals surface area contributed by atoms with Crippen molar-refractivity contribution in [3.8, 4) is 0 Å². The van der Waals surface area contributed by atoms with Gasteiger partial charge in [0.05, 0.1) is 23.0 Å². The number of nitrogens with one attached hydrogen (secondary N) is 4. The molecule has 0 fully saturated rings. The monoisotopic (exact) mass is 450 g/mol. The van der Waals surface area contributed by atoms with Gasteiger partial charge in [0.25, 0.3) is 5.91 Å². The van der Waals surface area contributed by atoms with Crippen LogP contribution in [-0.4, -0.2) is 24.9 Å². The molecule has 0 aliphatic carbocycles. The lowest BCUT2D eigenvalue weighted by atomic mass is 10.0. The van der Waals surface area contributed by atoms with Crippen molar-refractivity contribution in [2.24, 2.45) is 0 Å². The molecule has 1 unspecified atom stereocenters. The van der Waals surface area contributed by atoms with E-state index in [4.69, 9.17) is 11.6 Å². The maximum atomic E-state index is 12.8. The highest BCUT2D eigenvalue weighted by Gasteiger charge is 2.20. The number of urea groups is 1. The summed E-state index contributed by atoms with van der Waals surface area (Å²) in [6, 6.07) is 21.9. The van der Waals surface area contributed by atoms with Crippen molar-refractivity contribution in [3.63, 3.8) is 0 Å². The standard InChI is InChI=1S/C24H23ClN4O3/c1-26-24(32)28-18-13-11-17(12-14-18)27-22(30)15-21(16-7-3-2-4-8-16)29-23(31)19-9-5-6-10-20(19)25/h2-14,21H,15H2,1H3,(H,27,30)(H,29,31)(H2,26,28,32). The maximum Gasteiger partial charge on any atom is 0.318 e. The summed E-state index contributed by atoms with van der Waals surface area (Å²) >= 11 is 6.14. The van der Waals surface area contributed by atoms with Crippen LogP contribution in [0.4, 0.5) is 16.2 Å². The molecule has 0 saturated carbocycles. The summed E-state index contributed by atoms with van der Waals surface area (Å²) < 4.78 is 0. The fraction of sp³-hybridized carbons (Fsp3) is 0.125. The summed E-state index contributed by atoms with van der Waals surface area (Å²) in [7, 11) is 1.53. The van der Waals surface area contributed by atoms with Crippen molar-refractivity contribution in [1.82, 2.24) is 10.6 Å². The molecule has 32 heavy (non-hydrogen) atoms.